The van der Waals surface area contributed by atoms with E-state index in [4.69, 9.17) is 0 Å². The smallest absolute Gasteiger partial charge is 0.254 e. The van der Waals surface area contributed by atoms with Gasteiger partial charge in [-0.05, 0) is 25.0 Å². The maximum Gasteiger partial charge on any atom is 0.254 e. The Balaban J connectivity index is 2.43. The summed E-state index contributed by atoms with van der Waals surface area (Å²) in [4.78, 5) is 26.4. The summed E-state index contributed by atoms with van der Waals surface area (Å²) in [5.74, 6) is -0.163. The van der Waals surface area contributed by atoms with Gasteiger partial charge in [0, 0.05) is 6.54 Å². The summed E-state index contributed by atoms with van der Waals surface area (Å²) in [6, 6.07) is 6.89. The second-order valence-electron chi connectivity index (χ2n) is 4.79. The highest BCUT2D eigenvalue weighted by Gasteiger charge is 2.31. The molecule has 0 fully saturated rings. The van der Waals surface area contributed by atoms with Crippen LogP contribution in [0.1, 0.15) is 43.5 Å². The quantitative estimate of drug-likeness (QED) is 0.903. The first kappa shape index (κ1) is 13.6. The standard InChI is InChI=1S/C15H20N2O2/c1-3-5-10-17-13-9-7-6-8-11(13)14(18)16-12(4-2)15(17)19/h6-9,12H,3-5,10H2,1-2H3,(H,16,18). The van der Waals surface area contributed by atoms with Gasteiger partial charge in [0.25, 0.3) is 5.91 Å². The third-order valence-electron chi connectivity index (χ3n) is 3.45. The van der Waals surface area contributed by atoms with Gasteiger partial charge in [0.15, 0.2) is 0 Å². The van der Waals surface area contributed by atoms with E-state index >= 15 is 0 Å². The van der Waals surface area contributed by atoms with Gasteiger partial charge in [-0.2, -0.15) is 0 Å². The van der Waals surface area contributed by atoms with E-state index in [1.807, 2.05) is 25.1 Å². The SMILES string of the molecule is CCCCN1C(=O)C(CC)NC(=O)c2ccccc21. The molecule has 2 rings (SSSR count). The lowest BCUT2D eigenvalue weighted by molar-refractivity contribution is -0.120. The summed E-state index contributed by atoms with van der Waals surface area (Å²) < 4.78 is 0. The Morgan fingerprint density at radius 1 is 1.21 bits per heavy atom. The van der Waals surface area contributed by atoms with Crippen LogP contribution in [0.4, 0.5) is 5.69 Å². The lowest BCUT2D eigenvalue weighted by atomic mass is 10.1. The summed E-state index contributed by atoms with van der Waals surface area (Å²) in [6.45, 7) is 4.67. The number of fused-ring (bicyclic) bond motifs is 1. The van der Waals surface area contributed by atoms with Gasteiger partial charge in [-0.3, -0.25) is 9.59 Å². The highest BCUT2D eigenvalue weighted by molar-refractivity contribution is 6.10. The number of carbonyl (C=O) groups excluding carboxylic acids is 2. The number of rotatable bonds is 4. The fourth-order valence-corrected chi connectivity index (χ4v) is 2.33. The van der Waals surface area contributed by atoms with Crippen molar-refractivity contribution in [2.24, 2.45) is 0 Å². The zero-order chi connectivity index (χ0) is 13.8. The fourth-order valence-electron chi connectivity index (χ4n) is 2.33. The third-order valence-corrected chi connectivity index (χ3v) is 3.45. The molecule has 1 aromatic carbocycles. The van der Waals surface area contributed by atoms with Gasteiger partial charge in [-0.15, -0.1) is 0 Å². The maximum atomic E-state index is 12.5. The number of anilines is 1. The number of benzene rings is 1. The molecule has 0 aromatic heterocycles. The zero-order valence-corrected chi connectivity index (χ0v) is 11.5. The van der Waals surface area contributed by atoms with Crippen LogP contribution in [0.5, 0.6) is 0 Å². The number of unbranched alkanes of at least 4 members (excludes halogenated alkanes) is 1. The molecule has 1 N–H and O–H groups in total. The monoisotopic (exact) mass is 260 g/mol. The summed E-state index contributed by atoms with van der Waals surface area (Å²) >= 11 is 0. The van der Waals surface area contributed by atoms with Gasteiger partial charge in [0.05, 0.1) is 11.3 Å². The first-order valence-electron chi connectivity index (χ1n) is 6.90. The van der Waals surface area contributed by atoms with Crippen molar-refractivity contribution in [1.29, 1.82) is 0 Å². The fraction of sp³-hybridized carbons (Fsp3) is 0.467. The van der Waals surface area contributed by atoms with E-state index in [0.29, 0.717) is 18.5 Å². The van der Waals surface area contributed by atoms with E-state index in [0.717, 1.165) is 18.5 Å². The summed E-state index contributed by atoms with van der Waals surface area (Å²) in [7, 11) is 0. The van der Waals surface area contributed by atoms with Gasteiger partial charge >= 0.3 is 0 Å². The van der Waals surface area contributed by atoms with E-state index in [2.05, 4.69) is 12.2 Å². The van der Waals surface area contributed by atoms with E-state index in [1.165, 1.54) is 0 Å². The predicted octanol–water partition coefficient (Wildman–Crippen LogP) is 2.34. The minimum Gasteiger partial charge on any atom is -0.340 e. The molecular weight excluding hydrogens is 240 g/mol. The summed E-state index contributed by atoms with van der Waals surface area (Å²) in [5.41, 5.74) is 1.32. The molecule has 0 aliphatic carbocycles. The van der Waals surface area contributed by atoms with E-state index in [1.54, 1.807) is 11.0 Å². The molecule has 19 heavy (non-hydrogen) atoms. The van der Waals surface area contributed by atoms with Crippen LogP contribution in [0.25, 0.3) is 0 Å². The number of amides is 2. The lowest BCUT2D eigenvalue weighted by Gasteiger charge is -2.24. The Bertz CT molecular complexity index is 485. The van der Waals surface area contributed by atoms with Crippen molar-refractivity contribution >= 4 is 17.5 Å². The van der Waals surface area contributed by atoms with Crippen LogP contribution >= 0.6 is 0 Å². The largest absolute Gasteiger partial charge is 0.340 e. The zero-order valence-electron chi connectivity index (χ0n) is 11.5. The van der Waals surface area contributed by atoms with E-state index in [9.17, 15) is 9.59 Å². The van der Waals surface area contributed by atoms with Crippen molar-refractivity contribution in [1.82, 2.24) is 5.32 Å². The van der Waals surface area contributed by atoms with Crippen LogP contribution in [-0.4, -0.2) is 24.4 Å². The molecule has 1 aromatic rings. The molecule has 1 unspecified atom stereocenters. The first-order valence-corrected chi connectivity index (χ1v) is 6.90. The molecule has 0 saturated carbocycles. The van der Waals surface area contributed by atoms with Gasteiger partial charge in [-0.1, -0.05) is 32.4 Å². The van der Waals surface area contributed by atoms with Gasteiger partial charge < -0.3 is 10.2 Å². The minimum absolute atomic E-state index is 0.00532. The number of nitrogens with zero attached hydrogens (tertiary/aromatic N) is 1. The van der Waals surface area contributed by atoms with Crippen molar-refractivity contribution in [2.45, 2.75) is 39.2 Å². The maximum absolute atomic E-state index is 12.5. The van der Waals surface area contributed by atoms with Crippen molar-refractivity contribution in [3.05, 3.63) is 29.8 Å². The van der Waals surface area contributed by atoms with Gasteiger partial charge in [0.1, 0.15) is 6.04 Å². The highest BCUT2D eigenvalue weighted by Crippen LogP contribution is 2.25. The van der Waals surface area contributed by atoms with Gasteiger partial charge in [-0.25, -0.2) is 0 Å². The number of para-hydroxylation sites is 1. The van der Waals surface area contributed by atoms with Gasteiger partial charge in [0.2, 0.25) is 5.91 Å². The van der Waals surface area contributed by atoms with E-state index in [-0.39, 0.29) is 11.8 Å². The third kappa shape index (κ3) is 2.62. The number of nitrogens with one attached hydrogen (secondary N) is 1. The normalized spacial score (nSPS) is 18.8. The average molecular weight is 260 g/mol. The molecule has 2 amide bonds. The van der Waals surface area contributed by atoms with Crippen molar-refractivity contribution < 1.29 is 9.59 Å². The van der Waals surface area contributed by atoms with E-state index < -0.39 is 6.04 Å². The molecule has 4 heteroatoms. The molecule has 0 radical (unpaired) electrons. The highest BCUT2D eigenvalue weighted by atomic mass is 16.2. The Morgan fingerprint density at radius 3 is 2.63 bits per heavy atom. The number of hydrogen-bond acceptors (Lipinski definition) is 2. The number of hydrogen-bond donors (Lipinski definition) is 1. The molecule has 102 valence electrons. The van der Waals surface area contributed by atoms with Crippen LogP contribution in [0.3, 0.4) is 0 Å². The van der Waals surface area contributed by atoms with Crippen LogP contribution in [0.15, 0.2) is 24.3 Å². The van der Waals surface area contributed by atoms with Crippen LogP contribution in [0, 0.1) is 0 Å². The topological polar surface area (TPSA) is 49.4 Å². The molecule has 1 heterocycles. The first-order chi connectivity index (χ1) is 9.19. The number of carbonyl (C=O) groups is 2. The Hall–Kier alpha value is -1.84. The average Bonchev–Trinajstić information content (AvgIpc) is 2.54. The molecule has 0 saturated heterocycles. The lowest BCUT2D eigenvalue weighted by Crippen LogP contribution is -2.45. The van der Waals surface area contributed by atoms with Crippen LogP contribution < -0.4 is 10.2 Å². The van der Waals surface area contributed by atoms with Crippen molar-refractivity contribution in [2.75, 3.05) is 11.4 Å². The Morgan fingerprint density at radius 2 is 1.95 bits per heavy atom. The van der Waals surface area contributed by atoms with Crippen LogP contribution in [-0.2, 0) is 4.79 Å². The second-order valence-corrected chi connectivity index (χ2v) is 4.79. The molecule has 0 spiro atoms. The molecule has 0 bridgehead atoms. The second kappa shape index (κ2) is 5.87. The Kier molecular flexibility index (Phi) is 4.20. The molecule has 1 aliphatic heterocycles. The molecule has 1 atom stereocenters. The molecule has 1 aliphatic rings. The predicted molar refractivity (Wildman–Crippen MR) is 75.2 cm³/mol. The van der Waals surface area contributed by atoms with Crippen molar-refractivity contribution in [3.8, 4) is 0 Å². The summed E-state index contributed by atoms with van der Waals surface area (Å²) in [6.07, 6.45) is 2.57. The minimum atomic E-state index is -0.420. The van der Waals surface area contributed by atoms with Crippen molar-refractivity contribution in [3.63, 3.8) is 0 Å². The molecular formula is C15H20N2O2. The molecule has 4 nitrogen and oxygen atoms in total. The van der Waals surface area contributed by atoms with Crippen LogP contribution in [0.2, 0.25) is 0 Å². The summed E-state index contributed by atoms with van der Waals surface area (Å²) in [5, 5.41) is 2.81. The Labute approximate surface area is 113 Å².